The molecule has 0 heterocycles. The van der Waals surface area contributed by atoms with E-state index in [1.807, 2.05) is 55.5 Å². The van der Waals surface area contributed by atoms with Crippen LogP contribution in [0.2, 0.25) is 0 Å². The number of nitrogens with one attached hydrogen (secondary N) is 2. The molecule has 0 saturated heterocycles. The van der Waals surface area contributed by atoms with Crippen LogP contribution in [-0.2, 0) is 6.54 Å². The van der Waals surface area contributed by atoms with Crippen molar-refractivity contribution >= 4 is 23.0 Å². The van der Waals surface area contributed by atoms with E-state index < -0.39 is 0 Å². The summed E-state index contributed by atoms with van der Waals surface area (Å²) in [6, 6.07) is 16.0. The zero-order valence-corrected chi connectivity index (χ0v) is 12.5. The fraction of sp³-hybridized carbons (Fsp3) is 0.188. The first kappa shape index (κ1) is 14.3. The summed E-state index contributed by atoms with van der Waals surface area (Å²) in [4.78, 5) is 0. The SMILES string of the molecule is COc1cccc(CNC(=S)Nc2ccccc2C)c1. The van der Waals surface area contributed by atoms with Crippen molar-refractivity contribution in [1.29, 1.82) is 0 Å². The summed E-state index contributed by atoms with van der Waals surface area (Å²) < 4.78 is 5.20. The Kier molecular flexibility index (Phi) is 4.96. The Hall–Kier alpha value is -2.07. The smallest absolute Gasteiger partial charge is 0.171 e. The summed E-state index contributed by atoms with van der Waals surface area (Å²) in [5, 5.41) is 7.00. The minimum atomic E-state index is 0.613. The van der Waals surface area contributed by atoms with E-state index in [0.29, 0.717) is 11.7 Å². The van der Waals surface area contributed by atoms with Crippen LogP contribution in [0.15, 0.2) is 48.5 Å². The van der Waals surface area contributed by atoms with E-state index in [2.05, 4.69) is 10.6 Å². The Morgan fingerprint density at radius 3 is 2.70 bits per heavy atom. The van der Waals surface area contributed by atoms with Crippen molar-refractivity contribution in [2.24, 2.45) is 0 Å². The molecule has 2 rings (SSSR count). The standard InChI is InChI=1S/C16H18N2OS/c1-12-6-3-4-9-15(12)18-16(20)17-11-13-7-5-8-14(10-13)19-2/h3-10H,11H2,1-2H3,(H2,17,18,20). The lowest BCUT2D eigenvalue weighted by Gasteiger charge is -2.12. The molecule has 2 aromatic rings. The molecule has 0 fully saturated rings. The monoisotopic (exact) mass is 286 g/mol. The molecule has 4 heteroatoms. The van der Waals surface area contributed by atoms with Gasteiger partial charge in [-0.25, -0.2) is 0 Å². The Balaban J connectivity index is 1.90. The van der Waals surface area contributed by atoms with Gasteiger partial charge in [0.1, 0.15) is 5.75 Å². The lowest BCUT2D eigenvalue weighted by molar-refractivity contribution is 0.414. The highest BCUT2D eigenvalue weighted by molar-refractivity contribution is 7.80. The number of hydrogen-bond acceptors (Lipinski definition) is 2. The van der Waals surface area contributed by atoms with Gasteiger partial charge in [-0.15, -0.1) is 0 Å². The van der Waals surface area contributed by atoms with Gasteiger partial charge in [0.25, 0.3) is 0 Å². The summed E-state index contributed by atoms with van der Waals surface area (Å²) in [6.07, 6.45) is 0. The minimum Gasteiger partial charge on any atom is -0.497 e. The first-order valence-corrected chi connectivity index (χ1v) is 6.83. The molecule has 0 radical (unpaired) electrons. The molecular formula is C16H18N2OS. The highest BCUT2D eigenvalue weighted by atomic mass is 32.1. The van der Waals surface area contributed by atoms with Crippen LogP contribution in [-0.4, -0.2) is 12.2 Å². The van der Waals surface area contributed by atoms with Crippen LogP contribution in [0.25, 0.3) is 0 Å². The van der Waals surface area contributed by atoms with Crippen molar-refractivity contribution in [3.05, 3.63) is 59.7 Å². The van der Waals surface area contributed by atoms with E-state index in [4.69, 9.17) is 17.0 Å². The second-order valence-electron chi connectivity index (χ2n) is 4.47. The van der Waals surface area contributed by atoms with Gasteiger partial charge in [-0.1, -0.05) is 30.3 Å². The molecule has 0 aromatic heterocycles. The third-order valence-electron chi connectivity index (χ3n) is 2.98. The normalized spacial score (nSPS) is 9.90. The van der Waals surface area contributed by atoms with Gasteiger partial charge in [-0.3, -0.25) is 0 Å². The molecule has 0 unspecified atom stereocenters. The fourth-order valence-electron chi connectivity index (χ4n) is 1.84. The summed E-state index contributed by atoms with van der Waals surface area (Å²) in [5.74, 6) is 0.849. The van der Waals surface area contributed by atoms with E-state index in [9.17, 15) is 0 Å². The number of ether oxygens (including phenoxy) is 1. The third-order valence-corrected chi connectivity index (χ3v) is 3.23. The first-order valence-electron chi connectivity index (χ1n) is 6.42. The van der Waals surface area contributed by atoms with Crippen molar-refractivity contribution < 1.29 is 4.74 Å². The lowest BCUT2D eigenvalue weighted by Crippen LogP contribution is -2.28. The van der Waals surface area contributed by atoms with Crippen molar-refractivity contribution in [3.8, 4) is 5.75 Å². The fourth-order valence-corrected chi connectivity index (χ4v) is 2.03. The second kappa shape index (κ2) is 6.91. The Bertz CT molecular complexity index is 599. The maximum absolute atomic E-state index is 5.30. The maximum atomic E-state index is 5.30. The molecule has 0 aliphatic heterocycles. The zero-order chi connectivity index (χ0) is 14.4. The number of benzene rings is 2. The molecule has 2 aromatic carbocycles. The highest BCUT2D eigenvalue weighted by Gasteiger charge is 2.01. The van der Waals surface area contributed by atoms with Gasteiger partial charge in [0.2, 0.25) is 0 Å². The number of aryl methyl sites for hydroxylation is 1. The average molecular weight is 286 g/mol. The quantitative estimate of drug-likeness (QED) is 0.843. The van der Waals surface area contributed by atoms with Crippen LogP contribution < -0.4 is 15.4 Å². The molecule has 0 aliphatic rings. The summed E-state index contributed by atoms with van der Waals surface area (Å²) >= 11 is 5.30. The van der Waals surface area contributed by atoms with Crippen LogP contribution in [0.3, 0.4) is 0 Å². The minimum absolute atomic E-state index is 0.613. The van der Waals surface area contributed by atoms with Gasteiger partial charge in [-0.2, -0.15) is 0 Å². The van der Waals surface area contributed by atoms with Crippen molar-refractivity contribution in [2.45, 2.75) is 13.5 Å². The molecular weight excluding hydrogens is 268 g/mol. The number of para-hydroxylation sites is 1. The van der Waals surface area contributed by atoms with E-state index in [0.717, 1.165) is 22.6 Å². The number of anilines is 1. The number of hydrogen-bond donors (Lipinski definition) is 2. The van der Waals surface area contributed by atoms with E-state index in [1.54, 1.807) is 7.11 Å². The molecule has 0 atom stereocenters. The Labute approximate surface area is 125 Å². The summed E-state index contributed by atoms with van der Waals surface area (Å²) in [6.45, 7) is 2.71. The van der Waals surface area contributed by atoms with Crippen molar-refractivity contribution in [3.63, 3.8) is 0 Å². The largest absolute Gasteiger partial charge is 0.497 e. The highest BCUT2D eigenvalue weighted by Crippen LogP contribution is 2.14. The van der Waals surface area contributed by atoms with E-state index in [-0.39, 0.29) is 0 Å². The lowest BCUT2D eigenvalue weighted by atomic mass is 10.2. The predicted octanol–water partition coefficient (Wildman–Crippen LogP) is 3.49. The van der Waals surface area contributed by atoms with Gasteiger partial charge in [0.05, 0.1) is 7.11 Å². The Morgan fingerprint density at radius 1 is 1.15 bits per heavy atom. The average Bonchev–Trinajstić information content (AvgIpc) is 2.48. The number of thiocarbonyl (C=S) groups is 1. The van der Waals surface area contributed by atoms with Gasteiger partial charge in [-0.05, 0) is 48.5 Å². The zero-order valence-electron chi connectivity index (χ0n) is 11.6. The van der Waals surface area contributed by atoms with Crippen LogP contribution in [0.1, 0.15) is 11.1 Å². The van der Waals surface area contributed by atoms with Crippen LogP contribution in [0.5, 0.6) is 5.75 Å². The third kappa shape index (κ3) is 3.96. The molecule has 0 amide bonds. The number of methoxy groups -OCH3 is 1. The molecule has 3 nitrogen and oxygen atoms in total. The van der Waals surface area contributed by atoms with Crippen LogP contribution in [0, 0.1) is 6.92 Å². The van der Waals surface area contributed by atoms with Gasteiger partial charge in [0, 0.05) is 12.2 Å². The molecule has 20 heavy (non-hydrogen) atoms. The van der Waals surface area contributed by atoms with Crippen molar-refractivity contribution in [2.75, 3.05) is 12.4 Å². The number of rotatable bonds is 4. The molecule has 0 spiro atoms. The van der Waals surface area contributed by atoms with Crippen LogP contribution >= 0.6 is 12.2 Å². The Morgan fingerprint density at radius 2 is 1.95 bits per heavy atom. The van der Waals surface area contributed by atoms with E-state index in [1.165, 1.54) is 0 Å². The van der Waals surface area contributed by atoms with E-state index >= 15 is 0 Å². The molecule has 0 aliphatic carbocycles. The molecule has 104 valence electrons. The molecule has 2 N–H and O–H groups in total. The van der Waals surface area contributed by atoms with Gasteiger partial charge >= 0.3 is 0 Å². The summed E-state index contributed by atoms with van der Waals surface area (Å²) in [7, 11) is 1.66. The van der Waals surface area contributed by atoms with Crippen LogP contribution in [0.4, 0.5) is 5.69 Å². The first-order chi connectivity index (χ1) is 9.69. The predicted molar refractivity (Wildman–Crippen MR) is 87.2 cm³/mol. The molecule has 0 bridgehead atoms. The summed E-state index contributed by atoms with van der Waals surface area (Å²) in [5.41, 5.74) is 3.31. The second-order valence-corrected chi connectivity index (χ2v) is 4.88. The maximum Gasteiger partial charge on any atom is 0.171 e. The van der Waals surface area contributed by atoms with Gasteiger partial charge in [0.15, 0.2) is 5.11 Å². The van der Waals surface area contributed by atoms with Gasteiger partial charge < -0.3 is 15.4 Å². The molecule has 0 saturated carbocycles. The van der Waals surface area contributed by atoms with Crippen molar-refractivity contribution in [1.82, 2.24) is 5.32 Å². The topological polar surface area (TPSA) is 33.3 Å².